The SMILES string of the molecule is CC1CN(C(=O)CCOC2(C)CC2)CC1(C)C. The van der Waals surface area contributed by atoms with Crippen molar-refractivity contribution in [1.29, 1.82) is 0 Å². The molecule has 0 bridgehead atoms. The van der Waals surface area contributed by atoms with Gasteiger partial charge in [-0.1, -0.05) is 20.8 Å². The molecule has 1 atom stereocenters. The summed E-state index contributed by atoms with van der Waals surface area (Å²) >= 11 is 0. The van der Waals surface area contributed by atoms with Crippen LogP contribution >= 0.6 is 0 Å². The van der Waals surface area contributed by atoms with E-state index in [1.54, 1.807) is 0 Å². The van der Waals surface area contributed by atoms with Crippen molar-refractivity contribution in [2.45, 2.75) is 52.6 Å². The van der Waals surface area contributed by atoms with E-state index >= 15 is 0 Å². The first-order chi connectivity index (χ1) is 7.82. The van der Waals surface area contributed by atoms with Crippen molar-refractivity contribution in [3.8, 4) is 0 Å². The molecule has 2 fully saturated rings. The van der Waals surface area contributed by atoms with Gasteiger partial charge >= 0.3 is 0 Å². The average Bonchev–Trinajstić information content (AvgIpc) is 2.87. The summed E-state index contributed by atoms with van der Waals surface area (Å²) in [5.41, 5.74) is 0.358. The molecule has 17 heavy (non-hydrogen) atoms. The molecule has 0 aromatic rings. The van der Waals surface area contributed by atoms with Gasteiger partial charge in [-0.2, -0.15) is 0 Å². The second-order valence-electron chi connectivity index (χ2n) is 6.71. The molecule has 1 amide bonds. The molecule has 98 valence electrons. The number of nitrogens with zero attached hydrogens (tertiary/aromatic N) is 1. The first kappa shape index (κ1) is 12.9. The Morgan fingerprint density at radius 2 is 2.00 bits per heavy atom. The Morgan fingerprint density at radius 1 is 1.35 bits per heavy atom. The van der Waals surface area contributed by atoms with Gasteiger partial charge in [-0.25, -0.2) is 0 Å². The zero-order valence-corrected chi connectivity index (χ0v) is 11.6. The Balaban J connectivity index is 1.73. The first-order valence-corrected chi connectivity index (χ1v) is 6.74. The first-order valence-electron chi connectivity index (χ1n) is 6.74. The fourth-order valence-corrected chi connectivity index (χ4v) is 2.34. The number of ether oxygens (including phenoxy) is 1. The smallest absolute Gasteiger partial charge is 0.224 e. The van der Waals surface area contributed by atoms with Crippen molar-refractivity contribution >= 4 is 5.91 Å². The molecule has 1 aliphatic carbocycles. The standard InChI is InChI=1S/C14H25NO2/c1-11-9-15(10-13(11,2)3)12(16)5-8-17-14(4)6-7-14/h11H,5-10H2,1-4H3. The molecule has 0 N–H and O–H groups in total. The van der Waals surface area contributed by atoms with Crippen molar-refractivity contribution < 1.29 is 9.53 Å². The van der Waals surface area contributed by atoms with Crippen LogP contribution in [0.25, 0.3) is 0 Å². The topological polar surface area (TPSA) is 29.5 Å². The number of likely N-dealkylation sites (tertiary alicyclic amines) is 1. The molecule has 0 aromatic heterocycles. The van der Waals surface area contributed by atoms with Crippen LogP contribution in [0.5, 0.6) is 0 Å². The van der Waals surface area contributed by atoms with Gasteiger partial charge in [-0.05, 0) is 31.1 Å². The van der Waals surface area contributed by atoms with Gasteiger partial charge in [0.15, 0.2) is 0 Å². The molecule has 1 saturated heterocycles. The summed E-state index contributed by atoms with van der Waals surface area (Å²) in [5, 5.41) is 0. The molecule has 0 radical (unpaired) electrons. The monoisotopic (exact) mass is 239 g/mol. The molecule has 1 unspecified atom stereocenters. The summed E-state index contributed by atoms with van der Waals surface area (Å²) in [4.78, 5) is 14.0. The van der Waals surface area contributed by atoms with E-state index in [1.807, 2.05) is 4.90 Å². The number of carbonyl (C=O) groups excluding carboxylic acids is 1. The molecule has 3 heteroatoms. The summed E-state index contributed by atoms with van der Waals surface area (Å²) < 4.78 is 5.70. The van der Waals surface area contributed by atoms with Crippen molar-refractivity contribution in [1.82, 2.24) is 4.90 Å². The van der Waals surface area contributed by atoms with E-state index in [2.05, 4.69) is 27.7 Å². The van der Waals surface area contributed by atoms with Crippen molar-refractivity contribution in [2.75, 3.05) is 19.7 Å². The van der Waals surface area contributed by atoms with Gasteiger partial charge in [-0.15, -0.1) is 0 Å². The number of hydrogen-bond acceptors (Lipinski definition) is 2. The van der Waals surface area contributed by atoms with Crippen LogP contribution in [0.3, 0.4) is 0 Å². The van der Waals surface area contributed by atoms with E-state index in [0.717, 1.165) is 25.9 Å². The van der Waals surface area contributed by atoms with Crippen LogP contribution in [-0.4, -0.2) is 36.1 Å². The summed E-state index contributed by atoms with van der Waals surface area (Å²) in [6.07, 6.45) is 2.84. The van der Waals surface area contributed by atoms with Crippen LogP contribution in [0.15, 0.2) is 0 Å². The van der Waals surface area contributed by atoms with Gasteiger partial charge in [0.05, 0.1) is 18.6 Å². The van der Waals surface area contributed by atoms with Gasteiger partial charge in [0, 0.05) is 13.1 Å². The average molecular weight is 239 g/mol. The minimum absolute atomic E-state index is 0.0951. The van der Waals surface area contributed by atoms with Gasteiger partial charge in [0.1, 0.15) is 0 Å². The Morgan fingerprint density at radius 3 is 2.47 bits per heavy atom. The van der Waals surface area contributed by atoms with Crippen LogP contribution in [-0.2, 0) is 9.53 Å². The third-order valence-electron chi connectivity index (χ3n) is 4.50. The van der Waals surface area contributed by atoms with Crippen LogP contribution in [0.4, 0.5) is 0 Å². The third kappa shape index (κ3) is 3.01. The number of rotatable bonds is 4. The molecule has 2 rings (SSSR count). The highest BCUT2D eigenvalue weighted by Gasteiger charge is 2.40. The largest absolute Gasteiger partial charge is 0.375 e. The minimum Gasteiger partial charge on any atom is -0.375 e. The quantitative estimate of drug-likeness (QED) is 0.754. The van der Waals surface area contributed by atoms with Crippen molar-refractivity contribution in [2.24, 2.45) is 11.3 Å². The second kappa shape index (κ2) is 4.27. The van der Waals surface area contributed by atoms with E-state index in [1.165, 1.54) is 0 Å². The van der Waals surface area contributed by atoms with Crippen LogP contribution in [0.1, 0.15) is 47.0 Å². The molecule has 1 aliphatic heterocycles. The van der Waals surface area contributed by atoms with E-state index in [-0.39, 0.29) is 16.9 Å². The summed E-state index contributed by atoms with van der Waals surface area (Å²) in [7, 11) is 0. The van der Waals surface area contributed by atoms with Gasteiger partial charge in [-0.3, -0.25) is 4.79 Å². The number of hydrogen-bond donors (Lipinski definition) is 0. The maximum atomic E-state index is 12.0. The van der Waals surface area contributed by atoms with E-state index in [4.69, 9.17) is 4.74 Å². The Hall–Kier alpha value is -0.570. The van der Waals surface area contributed by atoms with Crippen LogP contribution in [0.2, 0.25) is 0 Å². The maximum absolute atomic E-state index is 12.0. The minimum atomic E-state index is 0.0951. The fourth-order valence-electron chi connectivity index (χ4n) is 2.34. The molecule has 2 aliphatic rings. The van der Waals surface area contributed by atoms with E-state index < -0.39 is 0 Å². The molecular formula is C14H25NO2. The highest BCUT2D eigenvalue weighted by Crippen LogP contribution is 2.39. The molecule has 1 saturated carbocycles. The lowest BCUT2D eigenvalue weighted by atomic mass is 9.84. The van der Waals surface area contributed by atoms with Crippen LogP contribution in [0, 0.1) is 11.3 Å². The van der Waals surface area contributed by atoms with Crippen molar-refractivity contribution in [3.63, 3.8) is 0 Å². The Bertz CT molecular complexity index is 307. The number of amides is 1. The fraction of sp³-hybridized carbons (Fsp3) is 0.929. The van der Waals surface area contributed by atoms with Gasteiger partial charge in [0.25, 0.3) is 0 Å². The Kier molecular flexibility index (Phi) is 3.23. The van der Waals surface area contributed by atoms with E-state index in [0.29, 0.717) is 18.9 Å². The molecule has 0 aromatic carbocycles. The zero-order valence-electron chi connectivity index (χ0n) is 11.6. The summed E-state index contributed by atoms with van der Waals surface area (Å²) in [5.74, 6) is 0.847. The normalized spacial score (nSPS) is 29.4. The molecular weight excluding hydrogens is 214 g/mol. The lowest BCUT2D eigenvalue weighted by Gasteiger charge is -2.22. The molecule has 3 nitrogen and oxygen atoms in total. The predicted octanol–water partition coefficient (Wildman–Crippen LogP) is 2.45. The highest BCUT2D eigenvalue weighted by molar-refractivity contribution is 5.76. The Labute approximate surface area is 105 Å². The van der Waals surface area contributed by atoms with Gasteiger partial charge in [0.2, 0.25) is 5.91 Å². The lowest BCUT2D eigenvalue weighted by molar-refractivity contribution is -0.132. The molecule has 0 spiro atoms. The van der Waals surface area contributed by atoms with Gasteiger partial charge < -0.3 is 9.64 Å². The van der Waals surface area contributed by atoms with Crippen molar-refractivity contribution in [3.05, 3.63) is 0 Å². The van der Waals surface area contributed by atoms with E-state index in [9.17, 15) is 4.79 Å². The lowest BCUT2D eigenvalue weighted by Crippen LogP contribution is -2.31. The third-order valence-corrected chi connectivity index (χ3v) is 4.50. The summed E-state index contributed by atoms with van der Waals surface area (Å²) in [6, 6.07) is 0. The molecule has 1 heterocycles. The zero-order chi connectivity index (χ0) is 12.7. The summed E-state index contributed by atoms with van der Waals surface area (Å²) in [6.45, 7) is 11.2. The maximum Gasteiger partial charge on any atom is 0.224 e. The van der Waals surface area contributed by atoms with Crippen LogP contribution < -0.4 is 0 Å². The number of carbonyl (C=O) groups is 1. The second-order valence-corrected chi connectivity index (χ2v) is 6.71. The highest BCUT2D eigenvalue weighted by atomic mass is 16.5. The predicted molar refractivity (Wildman–Crippen MR) is 67.7 cm³/mol.